The van der Waals surface area contributed by atoms with E-state index in [1.807, 2.05) is 6.92 Å². The Morgan fingerprint density at radius 3 is 2.37 bits per heavy atom. The van der Waals surface area contributed by atoms with Gasteiger partial charge in [0, 0.05) is 18.7 Å². The van der Waals surface area contributed by atoms with Gasteiger partial charge < -0.3 is 15.2 Å². The number of hydrogen-bond donors (Lipinski definition) is 2. The number of aliphatic hydroxyl groups is 1. The summed E-state index contributed by atoms with van der Waals surface area (Å²) in [6.07, 6.45) is -0.940. The molecule has 1 aliphatic heterocycles. The number of esters is 1. The molecular formula is C21H24N2O6S. The molecule has 0 saturated carbocycles. The Morgan fingerprint density at radius 1 is 1.13 bits per heavy atom. The molecule has 9 heteroatoms. The van der Waals surface area contributed by atoms with Gasteiger partial charge in [0.15, 0.2) is 0 Å². The summed E-state index contributed by atoms with van der Waals surface area (Å²) in [7, 11) is -3.95. The number of nitrogens with zero attached hydrogens (tertiary/aromatic N) is 1. The highest BCUT2D eigenvalue weighted by Gasteiger charge is 2.43. The Kier molecular flexibility index (Phi) is 6.55. The van der Waals surface area contributed by atoms with Crippen LogP contribution in [0.1, 0.15) is 29.3 Å². The second-order valence-electron chi connectivity index (χ2n) is 7.08. The quantitative estimate of drug-likeness (QED) is 0.675. The van der Waals surface area contributed by atoms with Crippen LogP contribution < -0.4 is 5.32 Å². The molecule has 1 saturated heterocycles. The van der Waals surface area contributed by atoms with E-state index in [4.69, 9.17) is 4.74 Å². The Balaban J connectivity index is 1.77. The first kappa shape index (κ1) is 21.9. The van der Waals surface area contributed by atoms with E-state index in [2.05, 4.69) is 5.32 Å². The first-order valence-corrected chi connectivity index (χ1v) is 11.0. The predicted molar refractivity (Wildman–Crippen MR) is 111 cm³/mol. The molecule has 30 heavy (non-hydrogen) atoms. The number of rotatable bonds is 6. The van der Waals surface area contributed by atoms with Gasteiger partial charge in [0.25, 0.3) is 0 Å². The first-order valence-electron chi connectivity index (χ1n) is 9.57. The van der Waals surface area contributed by atoms with Gasteiger partial charge in [-0.2, -0.15) is 4.31 Å². The van der Waals surface area contributed by atoms with E-state index >= 15 is 0 Å². The SMILES string of the molecule is CCOC(=O)c1ccc(NC(=O)[C@H]2C[C@H](O)CN2S(=O)(=O)c2ccc(C)cc2)cc1. The summed E-state index contributed by atoms with van der Waals surface area (Å²) in [6, 6.07) is 11.4. The average Bonchev–Trinajstić information content (AvgIpc) is 3.12. The molecule has 0 bridgehead atoms. The molecule has 1 amide bonds. The fourth-order valence-corrected chi connectivity index (χ4v) is 4.90. The van der Waals surface area contributed by atoms with Crippen LogP contribution in [0.25, 0.3) is 0 Å². The normalized spacial score (nSPS) is 19.4. The lowest BCUT2D eigenvalue weighted by atomic mass is 10.1. The zero-order chi connectivity index (χ0) is 21.9. The maximum Gasteiger partial charge on any atom is 0.338 e. The van der Waals surface area contributed by atoms with Crippen molar-refractivity contribution in [3.8, 4) is 0 Å². The van der Waals surface area contributed by atoms with E-state index in [1.54, 1.807) is 19.1 Å². The second-order valence-corrected chi connectivity index (χ2v) is 8.97. The summed E-state index contributed by atoms with van der Waals surface area (Å²) in [4.78, 5) is 24.6. The summed E-state index contributed by atoms with van der Waals surface area (Å²) < 4.78 is 32.0. The Bertz CT molecular complexity index is 1020. The van der Waals surface area contributed by atoms with Gasteiger partial charge in [-0.3, -0.25) is 4.79 Å². The molecule has 0 aliphatic carbocycles. The molecule has 3 rings (SSSR count). The minimum absolute atomic E-state index is 0.00215. The summed E-state index contributed by atoms with van der Waals surface area (Å²) in [5.41, 5.74) is 1.66. The van der Waals surface area contributed by atoms with E-state index in [0.717, 1.165) is 9.87 Å². The minimum atomic E-state index is -3.95. The lowest BCUT2D eigenvalue weighted by Crippen LogP contribution is -2.43. The highest BCUT2D eigenvalue weighted by molar-refractivity contribution is 7.89. The van der Waals surface area contributed by atoms with Gasteiger partial charge in [-0.15, -0.1) is 0 Å². The van der Waals surface area contributed by atoms with Crippen LogP contribution in [0.15, 0.2) is 53.4 Å². The molecule has 0 aromatic heterocycles. The predicted octanol–water partition coefficient (Wildman–Crippen LogP) is 1.93. The lowest BCUT2D eigenvalue weighted by molar-refractivity contribution is -0.119. The van der Waals surface area contributed by atoms with Gasteiger partial charge in [0.2, 0.25) is 15.9 Å². The molecule has 1 heterocycles. The fraction of sp³-hybridized carbons (Fsp3) is 0.333. The first-order chi connectivity index (χ1) is 14.2. The van der Waals surface area contributed by atoms with Crippen molar-refractivity contribution in [3.05, 3.63) is 59.7 Å². The molecule has 1 fully saturated rings. The van der Waals surface area contributed by atoms with Crippen molar-refractivity contribution in [2.45, 2.75) is 37.3 Å². The number of sulfonamides is 1. The fourth-order valence-electron chi connectivity index (χ4n) is 3.26. The van der Waals surface area contributed by atoms with Crippen molar-refractivity contribution in [1.82, 2.24) is 4.31 Å². The van der Waals surface area contributed by atoms with Crippen molar-refractivity contribution >= 4 is 27.6 Å². The third-order valence-electron chi connectivity index (χ3n) is 4.83. The van der Waals surface area contributed by atoms with E-state index in [1.165, 1.54) is 36.4 Å². The summed E-state index contributed by atoms with van der Waals surface area (Å²) >= 11 is 0. The highest BCUT2D eigenvalue weighted by Crippen LogP contribution is 2.27. The maximum atomic E-state index is 13.0. The van der Waals surface area contributed by atoms with Crippen LogP contribution in [0.2, 0.25) is 0 Å². The van der Waals surface area contributed by atoms with Crippen LogP contribution in [0.5, 0.6) is 0 Å². The van der Waals surface area contributed by atoms with Crippen molar-refractivity contribution in [3.63, 3.8) is 0 Å². The van der Waals surface area contributed by atoms with E-state index in [9.17, 15) is 23.1 Å². The molecular weight excluding hydrogens is 408 g/mol. The minimum Gasteiger partial charge on any atom is -0.462 e. The van der Waals surface area contributed by atoms with Gasteiger partial charge in [0.1, 0.15) is 6.04 Å². The van der Waals surface area contributed by atoms with E-state index < -0.39 is 34.0 Å². The lowest BCUT2D eigenvalue weighted by Gasteiger charge is -2.23. The molecule has 0 spiro atoms. The number of aryl methyl sites for hydroxylation is 1. The molecule has 0 radical (unpaired) electrons. The third-order valence-corrected chi connectivity index (χ3v) is 6.72. The molecule has 2 N–H and O–H groups in total. The third kappa shape index (κ3) is 4.69. The van der Waals surface area contributed by atoms with Crippen molar-refractivity contribution in [1.29, 1.82) is 0 Å². The van der Waals surface area contributed by atoms with Crippen LogP contribution in [-0.2, 0) is 19.6 Å². The molecule has 160 valence electrons. The van der Waals surface area contributed by atoms with Gasteiger partial charge in [-0.25, -0.2) is 13.2 Å². The van der Waals surface area contributed by atoms with Crippen LogP contribution in [0.3, 0.4) is 0 Å². The number of nitrogens with one attached hydrogen (secondary N) is 1. The molecule has 2 atom stereocenters. The van der Waals surface area contributed by atoms with E-state index in [0.29, 0.717) is 11.3 Å². The molecule has 1 aliphatic rings. The van der Waals surface area contributed by atoms with Crippen molar-refractivity contribution in [2.75, 3.05) is 18.5 Å². The number of aliphatic hydroxyl groups excluding tert-OH is 1. The number of ether oxygens (including phenoxy) is 1. The molecule has 2 aromatic carbocycles. The number of carbonyl (C=O) groups is 2. The smallest absolute Gasteiger partial charge is 0.338 e. The van der Waals surface area contributed by atoms with E-state index in [-0.39, 0.29) is 24.5 Å². The standard InChI is InChI=1S/C21H24N2O6S/c1-3-29-21(26)15-6-8-16(9-7-15)22-20(25)19-12-17(24)13-23(19)30(27,28)18-10-4-14(2)5-11-18/h4-11,17,19,24H,3,12-13H2,1-2H3,(H,22,25)/t17-,19+/m0/s1. The zero-order valence-electron chi connectivity index (χ0n) is 16.7. The average molecular weight is 432 g/mol. The van der Waals surface area contributed by atoms with Crippen molar-refractivity contribution in [2.24, 2.45) is 0 Å². The Morgan fingerprint density at radius 2 is 1.77 bits per heavy atom. The van der Waals surface area contributed by atoms with Gasteiger partial charge in [-0.1, -0.05) is 17.7 Å². The van der Waals surface area contributed by atoms with Crippen LogP contribution in [-0.4, -0.2) is 55.0 Å². The van der Waals surface area contributed by atoms with Gasteiger partial charge >= 0.3 is 5.97 Å². The van der Waals surface area contributed by atoms with Gasteiger partial charge in [-0.05, 0) is 50.2 Å². The highest BCUT2D eigenvalue weighted by atomic mass is 32.2. The summed E-state index contributed by atoms with van der Waals surface area (Å²) in [5, 5.41) is 12.7. The number of anilines is 1. The molecule has 0 unspecified atom stereocenters. The van der Waals surface area contributed by atoms with Crippen molar-refractivity contribution < 1.29 is 27.9 Å². The molecule has 2 aromatic rings. The number of β-amino-alcohol motifs (C(OH)–C–C–N with tert-alkyl or cyclic N) is 1. The second kappa shape index (κ2) is 8.95. The Hall–Kier alpha value is -2.75. The maximum absolute atomic E-state index is 13.0. The van der Waals surface area contributed by atoms with Crippen LogP contribution in [0, 0.1) is 6.92 Å². The summed E-state index contributed by atoms with van der Waals surface area (Å²) in [6.45, 7) is 3.65. The van der Waals surface area contributed by atoms with Gasteiger partial charge in [0.05, 0.1) is 23.2 Å². The number of hydrogen-bond acceptors (Lipinski definition) is 6. The Labute approximate surface area is 175 Å². The number of benzene rings is 2. The van der Waals surface area contributed by atoms with Crippen LogP contribution in [0.4, 0.5) is 5.69 Å². The number of amides is 1. The molecule has 8 nitrogen and oxygen atoms in total. The summed E-state index contributed by atoms with van der Waals surface area (Å²) in [5.74, 6) is -1.02. The van der Waals surface area contributed by atoms with Crippen LogP contribution >= 0.6 is 0 Å². The monoisotopic (exact) mass is 432 g/mol. The largest absolute Gasteiger partial charge is 0.462 e. The number of carbonyl (C=O) groups excluding carboxylic acids is 2. The zero-order valence-corrected chi connectivity index (χ0v) is 17.6. The topological polar surface area (TPSA) is 113 Å².